The summed E-state index contributed by atoms with van der Waals surface area (Å²) in [6.45, 7) is 6.83. The molecule has 0 aliphatic carbocycles. The molecule has 90 valence electrons. The molecular weight excluding hydrogens is 192 g/mol. The molecule has 0 aliphatic rings. The van der Waals surface area contributed by atoms with Crippen LogP contribution in [0, 0.1) is 12.8 Å². The Morgan fingerprint density at radius 1 is 1.00 bits per heavy atom. The van der Waals surface area contributed by atoms with Gasteiger partial charge in [-0.25, -0.2) is 0 Å². The van der Waals surface area contributed by atoms with Crippen molar-refractivity contribution in [3.05, 3.63) is 35.4 Å². The van der Waals surface area contributed by atoms with Crippen LogP contribution in [0.1, 0.15) is 57.1 Å². The minimum Gasteiger partial charge on any atom is -0.0654 e. The highest BCUT2D eigenvalue weighted by Gasteiger charge is 2.09. The van der Waals surface area contributed by atoms with E-state index in [9.17, 15) is 0 Å². The Labute approximate surface area is 101 Å². The van der Waals surface area contributed by atoms with E-state index in [2.05, 4.69) is 45.0 Å². The molecule has 16 heavy (non-hydrogen) atoms. The van der Waals surface area contributed by atoms with Crippen LogP contribution >= 0.6 is 0 Å². The fraction of sp³-hybridized carbons (Fsp3) is 0.625. The molecule has 1 rings (SSSR count). The van der Waals surface area contributed by atoms with E-state index in [1.165, 1.54) is 44.1 Å². The number of aryl methyl sites for hydroxylation is 1. The molecule has 0 saturated carbocycles. The number of rotatable bonds is 7. The molecular formula is C16H26. The maximum atomic E-state index is 2.30. The molecule has 0 aromatic heterocycles. The molecule has 0 heteroatoms. The number of hydrogen-bond donors (Lipinski definition) is 0. The van der Waals surface area contributed by atoms with Crippen LogP contribution in [0.2, 0.25) is 0 Å². The molecule has 0 amide bonds. The van der Waals surface area contributed by atoms with Gasteiger partial charge in [0.2, 0.25) is 0 Å². The zero-order valence-corrected chi connectivity index (χ0v) is 11.1. The number of benzene rings is 1. The highest BCUT2D eigenvalue weighted by Crippen LogP contribution is 2.21. The summed E-state index contributed by atoms with van der Waals surface area (Å²) in [5.74, 6) is 0.894. The van der Waals surface area contributed by atoms with Gasteiger partial charge in [0.25, 0.3) is 0 Å². The number of unbranched alkanes of at least 4 members (excludes halogenated alkanes) is 1. The third-order valence-corrected chi connectivity index (χ3v) is 3.43. The van der Waals surface area contributed by atoms with E-state index in [-0.39, 0.29) is 0 Å². The first-order chi connectivity index (χ1) is 7.77. The summed E-state index contributed by atoms with van der Waals surface area (Å²) in [6.07, 6.45) is 8.10. The predicted molar refractivity (Wildman–Crippen MR) is 72.8 cm³/mol. The third kappa shape index (κ3) is 4.38. The van der Waals surface area contributed by atoms with Crippen LogP contribution in [0.4, 0.5) is 0 Å². The van der Waals surface area contributed by atoms with Gasteiger partial charge >= 0.3 is 0 Å². The van der Waals surface area contributed by atoms with Gasteiger partial charge in [0.15, 0.2) is 0 Å². The van der Waals surface area contributed by atoms with Crippen molar-refractivity contribution < 1.29 is 0 Å². The second-order valence-electron chi connectivity index (χ2n) is 4.93. The van der Waals surface area contributed by atoms with Crippen molar-refractivity contribution in [3.8, 4) is 0 Å². The second kappa shape index (κ2) is 7.49. The van der Waals surface area contributed by atoms with E-state index < -0.39 is 0 Å². The average molecular weight is 218 g/mol. The number of hydrogen-bond acceptors (Lipinski definition) is 0. The van der Waals surface area contributed by atoms with Gasteiger partial charge in [-0.1, -0.05) is 70.2 Å². The van der Waals surface area contributed by atoms with Crippen molar-refractivity contribution in [3.63, 3.8) is 0 Å². The van der Waals surface area contributed by atoms with Gasteiger partial charge in [-0.15, -0.1) is 0 Å². The lowest BCUT2D eigenvalue weighted by Crippen LogP contribution is -2.05. The molecule has 0 aliphatic heterocycles. The largest absolute Gasteiger partial charge is 0.0654 e. The fourth-order valence-electron chi connectivity index (χ4n) is 2.40. The topological polar surface area (TPSA) is 0 Å². The van der Waals surface area contributed by atoms with Crippen LogP contribution in [0.3, 0.4) is 0 Å². The summed E-state index contributed by atoms with van der Waals surface area (Å²) in [7, 11) is 0. The van der Waals surface area contributed by atoms with E-state index in [4.69, 9.17) is 0 Å². The van der Waals surface area contributed by atoms with Crippen LogP contribution < -0.4 is 0 Å². The third-order valence-electron chi connectivity index (χ3n) is 3.43. The SMILES string of the molecule is CCCCC(CCC)Cc1ccccc1C. The quantitative estimate of drug-likeness (QED) is 0.594. The smallest absolute Gasteiger partial charge is 0.0248 e. The molecule has 0 bridgehead atoms. The Morgan fingerprint density at radius 3 is 2.38 bits per heavy atom. The van der Waals surface area contributed by atoms with E-state index in [1.54, 1.807) is 5.56 Å². The Bertz CT molecular complexity index is 288. The molecule has 0 fully saturated rings. The van der Waals surface area contributed by atoms with Gasteiger partial charge in [0.1, 0.15) is 0 Å². The van der Waals surface area contributed by atoms with Gasteiger partial charge < -0.3 is 0 Å². The fourth-order valence-corrected chi connectivity index (χ4v) is 2.40. The summed E-state index contributed by atoms with van der Waals surface area (Å²) in [5, 5.41) is 0. The van der Waals surface area contributed by atoms with E-state index >= 15 is 0 Å². The van der Waals surface area contributed by atoms with Crippen LogP contribution in [0.25, 0.3) is 0 Å². The highest BCUT2D eigenvalue weighted by atomic mass is 14.1. The summed E-state index contributed by atoms with van der Waals surface area (Å²) in [5.41, 5.74) is 3.01. The Morgan fingerprint density at radius 2 is 1.75 bits per heavy atom. The zero-order valence-electron chi connectivity index (χ0n) is 11.1. The lowest BCUT2D eigenvalue weighted by molar-refractivity contribution is 0.426. The molecule has 0 nitrogen and oxygen atoms in total. The molecule has 1 aromatic carbocycles. The van der Waals surface area contributed by atoms with Crippen molar-refractivity contribution in [1.82, 2.24) is 0 Å². The van der Waals surface area contributed by atoms with E-state index in [1.807, 2.05) is 0 Å². The Kier molecular flexibility index (Phi) is 6.22. The van der Waals surface area contributed by atoms with Crippen molar-refractivity contribution in [2.75, 3.05) is 0 Å². The lowest BCUT2D eigenvalue weighted by Gasteiger charge is -2.17. The van der Waals surface area contributed by atoms with Crippen LogP contribution in [-0.4, -0.2) is 0 Å². The second-order valence-corrected chi connectivity index (χ2v) is 4.93. The summed E-state index contributed by atoms with van der Waals surface area (Å²) in [4.78, 5) is 0. The van der Waals surface area contributed by atoms with E-state index in [0.717, 1.165) is 5.92 Å². The molecule has 0 spiro atoms. The Balaban J connectivity index is 2.56. The molecule has 1 aromatic rings. The molecule has 0 N–H and O–H groups in total. The lowest BCUT2D eigenvalue weighted by atomic mass is 9.89. The van der Waals surface area contributed by atoms with Gasteiger partial charge in [-0.2, -0.15) is 0 Å². The monoisotopic (exact) mass is 218 g/mol. The van der Waals surface area contributed by atoms with Crippen LogP contribution in [0.15, 0.2) is 24.3 Å². The Hall–Kier alpha value is -0.780. The standard InChI is InChI=1S/C16H26/c1-4-6-11-15(9-5-2)13-16-12-8-7-10-14(16)3/h7-8,10,12,15H,4-6,9,11,13H2,1-3H3. The zero-order chi connectivity index (χ0) is 11.8. The van der Waals surface area contributed by atoms with Crippen molar-refractivity contribution in [2.45, 2.75) is 59.3 Å². The van der Waals surface area contributed by atoms with Gasteiger partial charge in [0, 0.05) is 0 Å². The van der Waals surface area contributed by atoms with Crippen LogP contribution in [0.5, 0.6) is 0 Å². The molecule has 1 atom stereocenters. The average Bonchev–Trinajstić information content (AvgIpc) is 2.29. The predicted octanol–water partition coefficient (Wildman–Crippen LogP) is 5.14. The minimum absolute atomic E-state index is 0.894. The van der Waals surface area contributed by atoms with Crippen LogP contribution in [-0.2, 0) is 6.42 Å². The maximum absolute atomic E-state index is 2.30. The first-order valence-electron chi connectivity index (χ1n) is 6.82. The maximum Gasteiger partial charge on any atom is -0.0248 e. The normalized spacial score (nSPS) is 12.7. The molecule has 1 unspecified atom stereocenters. The summed E-state index contributed by atoms with van der Waals surface area (Å²) in [6, 6.07) is 8.84. The molecule has 0 heterocycles. The highest BCUT2D eigenvalue weighted by molar-refractivity contribution is 5.25. The van der Waals surface area contributed by atoms with Crippen molar-refractivity contribution in [2.24, 2.45) is 5.92 Å². The van der Waals surface area contributed by atoms with Gasteiger partial charge in [0.05, 0.1) is 0 Å². The minimum atomic E-state index is 0.894. The van der Waals surface area contributed by atoms with Crippen molar-refractivity contribution in [1.29, 1.82) is 0 Å². The van der Waals surface area contributed by atoms with Gasteiger partial charge in [-0.05, 0) is 30.4 Å². The van der Waals surface area contributed by atoms with Gasteiger partial charge in [-0.3, -0.25) is 0 Å². The summed E-state index contributed by atoms with van der Waals surface area (Å²) >= 11 is 0. The molecule has 0 saturated heterocycles. The summed E-state index contributed by atoms with van der Waals surface area (Å²) < 4.78 is 0. The first kappa shape index (κ1) is 13.3. The van der Waals surface area contributed by atoms with E-state index in [0.29, 0.717) is 0 Å². The first-order valence-corrected chi connectivity index (χ1v) is 6.82. The molecule has 0 radical (unpaired) electrons. The van der Waals surface area contributed by atoms with Crippen molar-refractivity contribution >= 4 is 0 Å².